The molecule has 0 atom stereocenters. The Morgan fingerprint density at radius 3 is 2.32 bits per heavy atom. The Labute approximate surface area is 218 Å². The summed E-state index contributed by atoms with van der Waals surface area (Å²) in [5, 5.41) is 7.22. The van der Waals surface area contributed by atoms with Crippen molar-refractivity contribution in [2.45, 2.75) is 26.2 Å². The predicted octanol–water partition coefficient (Wildman–Crippen LogP) is 4.72. The molecule has 0 aliphatic rings. The molecule has 0 fully saturated rings. The van der Waals surface area contributed by atoms with Crippen molar-refractivity contribution in [1.82, 2.24) is 9.97 Å². The minimum absolute atomic E-state index is 0.206. The highest BCUT2D eigenvalue weighted by Crippen LogP contribution is 2.35. The summed E-state index contributed by atoms with van der Waals surface area (Å²) in [7, 11) is 3.71. The predicted molar refractivity (Wildman–Crippen MR) is 148 cm³/mol. The highest BCUT2D eigenvalue weighted by molar-refractivity contribution is 7.14. The molecule has 0 aliphatic heterocycles. The highest BCUT2D eigenvalue weighted by Gasteiger charge is 2.26. The number of nitrogens with zero attached hydrogens (tertiary/aromatic N) is 3. The van der Waals surface area contributed by atoms with Crippen molar-refractivity contribution in [1.29, 1.82) is 0 Å². The fourth-order valence-electron chi connectivity index (χ4n) is 3.72. The van der Waals surface area contributed by atoms with Gasteiger partial charge in [0, 0.05) is 41.8 Å². The normalized spacial score (nSPS) is 11.3. The summed E-state index contributed by atoms with van der Waals surface area (Å²) in [5.41, 5.74) is 6.48. The van der Waals surface area contributed by atoms with Gasteiger partial charge < -0.3 is 21.3 Å². The molecule has 9 nitrogen and oxygen atoms in total. The van der Waals surface area contributed by atoms with Crippen LogP contribution >= 0.6 is 11.3 Å². The first-order valence-electron chi connectivity index (χ1n) is 11.5. The summed E-state index contributed by atoms with van der Waals surface area (Å²) in [6.07, 6.45) is 1.66. The first-order chi connectivity index (χ1) is 17.5. The number of amides is 2. The van der Waals surface area contributed by atoms with Crippen LogP contribution in [-0.2, 0) is 10.2 Å². The van der Waals surface area contributed by atoms with Gasteiger partial charge in [0.15, 0.2) is 0 Å². The van der Waals surface area contributed by atoms with Gasteiger partial charge in [0.05, 0.1) is 5.69 Å². The molecule has 0 bridgehead atoms. The zero-order valence-electron chi connectivity index (χ0n) is 21.2. The van der Waals surface area contributed by atoms with Crippen molar-refractivity contribution in [2.24, 2.45) is 5.73 Å². The second-order valence-electron chi connectivity index (χ2n) is 9.72. The van der Waals surface area contributed by atoms with Gasteiger partial charge in [-0.3, -0.25) is 14.4 Å². The quantitative estimate of drug-likeness (QED) is 0.239. The van der Waals surface area contributed by atoms with E-state index in [1.54, 1.807) is 47.5 Å². The Hall–Kier alpha value is -4.31. The summed E-state index contributed by atoms with van der Waals surface area (Å²) >= 11 is 1.21. The number of rotatable bonds is 7. The molecule has 4 aromatic rings. The first kappa shape index (κ1) is 25.8. The van der Waals surface area contributed by atoms with Crippen LogP contribution in [-0.4, -0.2) is 41.7 Å². The van der Waals surface area contributed by atoms with E-state index < -0.39 is 17.6 Å². The molecule has 10 heteroatoms. The molecular weight excluding hydrogens is 488 g/mol. The molecule has 0 saturated carbocycles. The van der Waals surface area contributed by atoms with Crippen molar-refractivity contribution in [3.8, 4) is 0 Å². The van der Waals surface area contributed by atoms with Crippen molar-refractivity contribution < 1.29 is 14.4 Å². The summed E-state index contributed by atoms with van der Waals surface area (Å²) in [6, 6.07) is 14.1. The molecule has 0 radical (unpaired) electrons. The van der Waals surface area contributed by atoms with Crippen LogP contribution < -0.4 is 21.3 Å². The monoisotopic (exact) mass is 516 g/mol. The maximum atomic E-state index is 13.3. The molecule has 4 N–H and O–H groups in total. The van der Waals surface area contributed by atoms with E-state index in [-0.39, 0.29) is 21.5 Å². The van der Waals surface area contributed by atoms with Gasteiger partial charge in [-0.1, -0.05) is 45.0 Å². The molecule has 0 saturated heterocycles. The smallest absolute Gasteiger partial charge is 0.296 e. The van der Waals surface area contributed by atoms with E-state index >= 15 is 0 Å². The highest BCUT2D eigenvalue weighted by atomic mass is 32.1. The van der Waals surface area contributed by atoms with E-state index in [9.17, 15) is 14.4 Å². The van der Waals surface area contributed by atoms with E-state index in [1.165, 1.54) is 11.3 Å². The molecule has 0 aliphatic carbocycles. The third kappa shape index (κ3) is 5.44. The minimum atomic E-state index is -0.849. The third-order valence-corrected chi connectivity index (χ3v) is 7.20. The molecule has 4 rings (SSSR count). The standard InChI is InChI=1S/C27H28N6O3S/c1-27(2,3)20-14-19(23(37-20)24(28)35)31-25(36)22(34)17-10-11-18(16-9-7-6-8-15(16)17)30-21-12-13-29-26(32-21)33(4)5/h6-14H,1-5H3,(H2,28,35)(H,31,36)(H,29,30,32). The number of fused-ring (bicyclic) bond motifs is 1. The number of aromatic nitrogens is 2. The van der Waals surface area contributed by atoms with E-state index in [4.69, 9.17) is 5.73 Å². The molecule has 2 amide bonds. The van der Waals surface area contributed by atoms with Crippen LogP contribution in [0.25, 0.3) is 10.8 Å². The fraction of sp³-hybridized carbons (Fsp3) is 0.222. The van der Waals surface area contributed by atoms with Gasteiger partial charge in [-0.2, -0.15) is 4.98 Å². The second-order valence-corrected chi connectivity index (χ2v) is 10.8. The number of anilines is 4. The fourth-order valence-corrected chi connectivity index (χ4v) is 4.74. The Kier molecular flexibility index (Phi) is 6.95. The topological polar surface area (TPSA) is 130 Å². The number of nitrogens with two attached hydrogens (primary N) is 1. The lowest BCUT2D eigenvalue weighted by atomic mass is 9.94. The van der Waals surface area contributed by atoms with Crippen LogP contribution in [0.15, 0.2) is 54.7 Å². The number of thiophene rings is 1. The number of carbonyl (C=O) groups excluding carboxylic acids is 3. The number of benzene rings is 2. The van der Waals surface area contributed by atoms with E-state index in [2.05, 4.69) is 20.6 Å². The number of Topliss-reactive ketones (excluding diaryl/α,β-unsaturated/α-hetero) is 1. The van der Waals surface area contributed by atoms with Crippen molar-refractivity contribution in [3.05, 3.63) is 70.0 Å². The number of primary amides is 1. The number of hydrogen-bond acceptors (Lipinski definition) is 8. The van der Waals surface area contributed by atoms with Gasteiger partial charge in [-0.25, -0.2) is 4.98 Å². The van der Waals surface area contributed by atoms with Gasteiger partial charge >= 0.3 is 0 Å². The lowest BCUT2D eigenvalue weighted by Crippen LogP contribution is -2.24. The number of carbonyl (C=O) groups is 3. The van der Waals surface area contributed by atoms with Gasteiger partial charge in [-0.15, -0.1) is 11.3 Å². The van der Waals surface area contributed by atoms with Gasteiger partial charge in [0.25, 0.3) is 17.6 Å². The molecule has 190 valence electrons. The van der Waals surface area contributed by atoms with Gasteiger partial charge in [-0.05, 0) is 35.1 Å². The first-order valence-corrected chi connectivity index (χ1v) is 12.4. The largest absolute Gasteiger partial charge is 0.365 e. The number of nitrogens with one attached hydrogen (secondary N) is 2. The van der Waals surface area contributed by atoms with Crippen molar-refractivity contribution >= 4 is 62.8 Å². The molecule has 37 heavy (non-hydrogen) atoms. The molecule has 2 aromatic carbocycles. The second kappa shape index (κ2) is 9.98. The molecule has 0 spiro atoms. The Balaban J connectivity index is 1.65. The number of ketones is 1. The minimum Gasteiger partial charge on any atom is -0.365 e. The van der Waals surface area contributed by atoms with E-state index in [0.717, 1.165) is 16.0 Å². The van der Waals surface area contributed by atoms with Crippen LogP contribution in [0.2, 0.25) is 0 Å². The third-order valence-electron chi connectivity index (χ3n) is 5.62. The maximum absolute atomic E-state index is 13.3. The van der Waals surface area contributed by atoms with Crippen LogP contribution in [0.1, 0.15) is 45.7 Å². The zero-order chi connectivity index (χ0) is 26.9. The molecular formula is C27H28N6O3S. The Morgan fingerprint density at radius 1 is 0.973 bits per heavy atom. The lowest BCUT2D eigenvalue weighted by molar-refractivity contribution is -0.112. The number of hydrogen-bond donors (Lipinski definition) is 3. The van der Waals surface area contributed by atoms with Crippen molar-refractivity contribution in [2.75, 3.05) is 29.6 Å². The maximum Gasteiger partial charge on any atom is 0.296 e. The molecule has 2 aromatic heterocycles. The van der Waals surface area contributed by atoms with E-state index in [1.807, 2.05) is 47.0 Å². The van der Waals surface area contributed by atoms with Crippen LogP contribution in [0.4, 0.5) is 23.1 Å². The Bertz CT molecular complexity index is 1520. The van der Waals surface area contributed by atoms with Crippen molar-refractivity contribution in [3.63, 3.8) is 0 Å². The van der Waals surface area contributed by atoms with Crippen LogP contribution in [0.5, 0.6) is 0 Å². The van der Waals surface area contributed by atoms with Gasteiger partial charge in [0.2, 0.25) is 5.95 Å². The summed E-state index contributed by atoms with van der Waals surface area (Å²) < 4.78 is 0. The summed E-state index contributed by atoms with van der Waals surface area (Å²) in [5.74, 6) is -1.09. The van der Waals surface area contributed by atoms with E-state index in [0.29, 0.717) is 17.2 Å². The lowest BCUT2D eigenvalue weighted by Gasteiger charge is -2.15. The average molecular weight is 517 g/mol. The van der Waals surface area contributed by atoms with Crippen LogP contribution in [0.3, 0.4) is 0 Å². The average Bonchev–Trinajstić information content (AvgIpc) is 3.29. The molecule has 0 unspecified atom stereocenters. The zero-order valence-corrected chi connectivity index (χ0v) is 22.1. The summed E-state index contributed by atoms with van der Waals surface area (Å²) in [4.78, 5) is 49.8. The molecule has 2 heterocycles. The Morgan fingerprint density at radius 2 is 1.68 bits per heavy atom. The van der Waals surface area contributed by atoms with Gasteiger partial charge in [0.1, 0.15) is 10.7 Å². The van der Waals surface area contributed by atoms with Crippen LogP contribution in [0, 0.1) is 0 Å². The summed E-state index contributed by atoms with van der Waals surface area (Å²) in [6.45, 7) is 5.97. The SMILES string of the molecule is CN(C)c1nccc(Nc2ccc(C(=O)C(=O)Nc3cc(C(C)(C)C)sc3C(N)=O)c3ccccc23)n1.